The number of hydrogen-bond acceptors (Lipinski definition) is 3. The minimum atomic E-state index is -0.977. The van der Waals surface area contributed by atoms with Crippen LogP contribution in [0.4, 0.5) is 5.69 Å². The van der Waals surface area contributed by atoms with Gasteiger partial charge in [0.15, 0.2) is 0 Å². The number of aliphatic carboxylic acids is 1. The van der Waals surface area contributed by atoms with Gasteiger partial charge in [-0.15, -0.1) is 0 Å². The van der Waals surface area contributed by atoms with E-state index in [2.05, 4.69) is 43.5 Å². The zero-order chi connectivity index (χ0) is 32.0. The molecule has 0 fully saturated rings. The Morgan fingerprint density at radius 1 is 0.841 bits per heavy atom. The third kappa shape index (κ3) is 8.71. The number of nitrogens with one attached hydrogen (secondary N) is 2. The Morgan fingerprint density at radius 2 is 1.48 bits per heavy atom. The van der Waals surface area contributed by atoms with Crippen LogP contribution in [0.2, 0.25) is 10.0 Å². The lowest BCUT2D eigenvalue weighted by Gasteiger charge is -2.22. The fraction of sp³-hybridized carbons (Fsp3) is 0.250. The molecule has 4 rings (SSSR count). The smallest absolute Gasteiger partial charge is 0.305 e. The van der Waals surface area contributed by atoms with Gasteiger partial charge in [-0.2, -0.15) is 0 Å². The van der Waals surface area contributed by atoms with Crippen LogP contribution in [-0.2, 0) is 21.4 Å². The van der Waals surface area contributed by atoms with Crippen LogP contribution in [0.15, 0.2) is 91.0 Å². The quantitative estimate of drug-likeness (QED) is 0.164. The number of rotatable bonds is 10. The molecule has 0 spiro atoms. The Morgan fingerprint density at radius 3 is 2.05 bits per heavy atom. The normalized spacial score (nSPS) is 12.7. The number of amides is 2. The number of anilines is 1. The minimum absolute atomic E-state index is 0.0244. The molecule has 0 aliphatic carbocycles. The second-order valence-electron chi connectivity index (χ2n) is 12.0. The number of carboxylic acid groups (broad SMARTS) is 1. The molecule has 44 heavy (non-hydrogen) atoms. The van der Waals surface area contributed by atoms with Crippen LogP contribution < -0.4 is 10.6 Å². The molecule has 0 aliphatic heterocycles. The lowest BCUT2D eigenvalue weighted by molar-refractivity contribution is -0.137. The maximum absolute atomic E-state index is 13.8. The molecule has 6 nitrogen and oxygen atoms in total. The first-order valence-corrected chi connectivity index (χ1v) is 15.1. The SMILES string of the molecule is CC(CC(=O)O)NC(=O)c1ccc(CC(C(=O)Nc2ccc(-c3ccc(Cl)cc3Cl)cc2)c2ccc(C(C)(C)C)cc2)cc1. The zero-order valence-corrected chi connectivity index (χ0v) is 26.7. The molecule has 0 radical (unpaired) electrons. The van der Waals surface area contributed by atoms with Crippen molar-refractivity contribution in [2.75, 3.05) is 5.32 Å². The van der Waals surface area contributed by atoms with E-state index in [-0.39, 0.29) is 23.7 Å². The standard InChI is InChI=1S/C36H36Cl2N2O4/c1-22(19-33(41)42)39-34(43)26-7-5-23(6-8-26)20-31(25-9-13-27(14-10-25)36(2,3)4)35(44)40-29-16-11-24(12-17-29)30-18-15-28(37)21-32(30)38/h5-18,21-22,31H,19-20H2,1-4H3,(H,39,43)(H,40,44)(H,41,42). The monoisotopic (exact) mass is 630 g/mol. The highest BCUT2D eigenvalue weighted by Gasteiger charge is 2.23. The second kappa shape index (κ2) is 14.1. The van der Waals surface area contributed by atoms with E-state index in [1.165, 1.54) is 5.56 Å². The predicted molar refractivity (Wildman–Crippen MR) is 178 cm³/mol. The van der Waals surface area contributed by atoms with Gasteiger partial charge < -0.3 is 15.7 Å². The summed E-state index contributed by atoms with van der Waals surface area (Å²) in [5.41, 5.74) is 5.73. The summed E-state index contributed by atoms with van der Waals surface area (Å²) < 4.78 is 0. The highest BCUT2D eigenvalue weighted by molar-refractivity contribution is 6.36. The summed E-state index contributed by atoms with van der Waals surface area (Å²) in [5, 5.41) is 15.8. The fourth-order valence-corrected chi connectivity index (χ4v) is 5.43. The largest absolute Gasteiger partial charge is 0.481 e. The van der Waals surface area contributed by atoms with Crippen molar-refractivity contribution in [3.05, 3.63) is 123 Å². The van der Waals surface area contributed by atoms with Crippen LogP contribution in [0, 0.1) is 0 Å². The molecule has 0 heterocycles. The maximum Gasteiger partial charge on any atom is 0.305 e. The third-order valence-electron chi connectivity index (χ3n) is 7.40. The van der Waals surface area contributed by atoms with Crippen LogP contribution in [0.3, 0.4) is 0 Å². The fourth-order valence-electron chi connectivity index (χ4n) is 4.91. The lowest BCUT2D eigenvalue weighted by Crippen LogP contribution is -2.34. The summed E-state index contributed by atoms with van der Waals surface area (Å²) in [4.78, 5) is 37.3. The molecule has 4 aromatic rings. The van der Waals surface area contributed by atoms with Crippen LogP contribution in [0.5, 0.6) is 0 Å². The van der Waals surface area contributed by atoms with Gasteiger partial charge in [-0.25, -0.2) is 0 Å². The topological polar surface area (TPSA) is 95.5 Å². The van der Waals surface area contributed by atoms with Crippen LogP contribution in [0.25, 0.3) is 11.1 Å². The van der Waals surface area contributed by atoms with Crippen LogP contribution in [-0.4, -0.2) is 28.9 Å². The van der Waals surface area contributed by atoms with E-state index < -0.39 is 17.9 Å². The number of carboxylic acids is 1. The Labute approximate surface area is 268 Å². The molecule has 2 atom stereocenters. The van der Waals surface area contributed by atoms with Gasteiger partial charge in [-0.1, -0.05) is 98.6 Å². The van der Waals surface area contributed by atoms with Crippen molar-refractivity contribution in [2.45, 2.75) is 57.9 Å². The van der Waals surface area contributed by atoms with E-state index in [9.17, 15) is 14.4 Å². The van der Waals surface area contributed by atoms with Gasteiger partial charge in [-0.05, 0) is 77.4 Å². The van der Waals surface area contributed by atoms with Gasteiger partial charge in [0.25, 0.3) is 5.91 Å². The highest BCUT2D eigenvalue weighted by Crippen LogP contribution is 2.32. The van der Waals surface area contributed by atoms with E-state index in [1.807, 2.05) is 54.6 Å². The highest BCUT2D eigenvalue weighted by atomic mass is 35.5. The van der Waals surface area contributed by atoms with Crippen molar-refractivity contribution < 1.29 is 19.5 Å². The molecule has 2 unspecified atom stereocenters. The van der Waals surface area contributed by atoms with Gasteiger partial charge >= 0.3 is 5.97 Å². The molecule has 0 aliphatic rings. The van der Waals surface area contributed by atoms with Gasteiger partial charge in [0.1, 0.15) is 0 Å². The first-order valence-electron chi connectivity index (χ1n) is 14.4. The summed E-state index contributed by atoms with van der Waals surface area (Å²) in [5.74, 6) is -1.98. The number of carbonyl (C=O) groups excluding carboxylic acids is 2. The molecular weight excluding hydrogens is 595 g/mol. The lowest BCUT2D eigenvalue weighted by atomic mass is 9.84. The molecule has 0 aromatic heterocycles. The van der Waals surface area contributed by atoms with Crippen molar-refractivity contribution in [3.8, 4) is 11.1 Å². The number of carbonyl (C=O) groups is 3. The molecule has 2 amide bonds. The maximum atomic E-state index is 13.8. The van der Waals surface area contributed by atoms with Crippen molar-refractivity contribution in [1.29, 1.82) is 0 Å². The Kier molecular flexibility index (Phi) is 10.5. The second-order valence-corrected chi connectivity index (χ2v) is 12.8. The first-order chi connectivity index (χ1) is 20.8. The minimum Gasteiger partial charge on any atom is -0.481 e. The summed E-state index contributed by atoms with van der Waals surface area (Å²) in [6.45, 7) is 8.09. The van der Waals surface area contributed by atoms with Gasteiger partial charge in [0.05, 0.1) is 12.3 Å². The van der Waals surface area contributed by atoms with Crippen molar-refractivity contribution in [1.82, 2.24) is 5.32 Å². The summed E-state index contributed by atoms with van der Waals surface area (Å²) in [7, 11) is 0. The van der Waals surface area contributed by atoms with Crippen molar-refractivity contribution >= 4 is 46.7 Å². The number of hydrogen-bond donors (Lipinski definition) is 3. The molecule has 3 N–H and O–H groups in total. The van der Waals surface area contributed by atoms with Crippen LogP contribution >= 0.6 is 23.2 Å². The van der Waals surface area contributed by atoms with E-state index in [0.29, 0.717) is 27.7 Å². The van der Waals surface area contributed by atoms with Crippen LogP contribution in [0.1, 0.15) is 67.1 Å². The van der Waals surface area contributed by atoms with Gasteiger partial charge in [0, 0.05) is 32.9 Å². The molecule has 0 saturated heterocycles. The van der Waals surface area contributed by atoms with Gasteiger partial charge in [0.2, 0.25) is 5.91 Å². The van der Waals surface area contributed by atoms with E-state index in [0.717, 1.165) is 22.3 Å². The van der Waals surface area contributed by atoms with E-state index in [4.69, 9.17) is 28.3 Å². The zero-order valence-electron chi connectivity index (χ0n) is 25.2. The summed E-state index contributed by atoms with van der Waals surface area (Å²) in [6, 6.07) is 27.5. The van der Waals surface area contributed by atoms with Crippen molar-refractivity contribution in [2.24, 2.45) is 0 Å². The summed E-state index contributed by atoms with van der Waals surface area (Å²) in [6.07, 6.45) is 0.253. The average Bonchev–Trinajstić information content (AvgIpc) is 2.96. The molecule has 228 valence electrons. The first kappa shape index (κ1) is 32.8. The molecule has 0 saturated carbocycles. The number of benzene rings is 4. The third-order valence-corrected chi connectivity index (χ3v) is 7.95. The molecule has 8 heteroatoms. The van der Waals surface area contributed by atoms with E-state index >= 15 is 0 Å². The predicted octanol–water partition coefficient (Wildman–Crippen LogP) is 8.52. The Bertz CT molecular complexity index is 1630. The van der Waals surface area contributed by atoms with Crippen molar-refractivity contribution in [3.63, 3.8) is 0 Å². The summed E-state index contributed by atoms with van der Waals surface area (Å²) >= 11 is 12.4. The van der Waals surface area contributed by atoms with Gasteiger partial charge in [-0.3, -0.25) is 14.4 Å². The molecule has 0 bridgehead atoms. The van der Waals surface area contributed by atoms with E-state index in [1.54, 1.807) is 31.2 Å². The molecule has 4 aromatic carbocycles. The Balaban J connectivity index is 1.54. The molecular formula is C36H36Cl2N2O4. The Hall–Kier alpha value is -4.13. The average molecular weight is 632 g/mol. The number of halogens is 2.